The van der Waals surface area contributed by atoms with Crippen molar-refractivity contribution < 1.29 is 9.72 Å². The number of nitro groups is 1. The molecule has 0 radical (unpaired) electrons. The minimum Gasteiger partial charge on any atom is -0.383 e. The Bertz CT molecular complexity index is 502. The van der Waals surface area contributed by atoms with Crippen LogP contribution in [0.4, 0.5) is 11.5 Å². The third kappa shape index (κ3) is 4.49. The molecular formula is C13H20N4O3. The number of hydrogen-bond acceptors (Lipinski definition) is 5. The van der Waals surface area contributed by atoms with Crippen LogP contribution in [0.25, 0.3) is 0 Å². The first kappa shape index (κ1) is 15.9. The first-order valence-electron chi connectivity index (χ1n) is 6.52. The molecule has 0 spiro atoms. The molecule has 7 heteroatoms. The summed E-state index contributed by atoms with van der Waals surface area (Å²) in [6, 6.07) is 1.12. The molecule has 1 atom stereocenters. The van der Waals surface area contributed by atoms with E-state index in [1.807, 2.05) is 6.92 Å². The maximum absolute atomic E-state index is 12.0. The van der Waals surface area contributed by atoms with Crippen molar-refractivity contribution in [2.24, 2.45) is 5.92 Å². The van der Waals surface area contributed by atoms with Crippen molar-refractivity contribution >= 4 is 17.4 Å². The van der Waals surface area contributed by atoms with Crippen LogP contribution in [0.5, 0.6) is 0 Å². The highest BCUT2D eigenvalue weighted by atomic mass is 16.6. The van der Waals surface area contributed by atoms with E-state index in [0.717, 1.165) is 25.1 Å². The fourth-order valence-corrected chi connectivity index (χ4v) is 1.70. The van der Waals surface area contributed by atoms with Crippen LogP contribution in [0.15, 0.2) is 12.3 Å². The molecule has 7 nitrogen and oxygen atoms in total. The van der Waals surface area contributed by atoms with Crippen molar-refractivity contribution in [3.05, 3.63) is 27.9 Å². The third-order valence-corrected chi connectivity index (χ3v) is 2.91. The van der Waals surface area contributed by atoms with Crippen LogP contribution in [0, 0.1) is 16.0 Å². The molecule has 1 aromatic heterocycles. The fraction of sp³-hybridized carbons (Fsp3) is 0.538. The molecule has 0 saturated heterocycles. The summed E-state index contributed by atoms with van der Waals surface area (Å²) >= 11 is 0. The minimum absolute atomic E-state index is 0.0100. The average Bonchev–Trinajstić information content (AvgIpc) is 2.36. The van der Waals surface area contributed by atoms with E-state index in [2.05, 4.69) is 24.1 Å². The second kappa shape index (κ2) is 6.83. The SMILES string of the molecule is CC(C)CCC(C)NC(=O)c1cc([N+](=O)[O-])cnc1N. The number of rotatable bonds is 6. The number of nitrogens with zero attached hydrogens (tertiary/aromatic N) is 2. The quantitative estimate of drug-likeness (QED) is 0.612. The maximum atomic E-state index is 12.0. The van der Waals surface area contributed by atoms with Gasteiger partial charge < -0.3 is 11.1 Å². The number of aromatic nitrogens is 1. The van der Waals surface area contributed by atoms with E-state index >= 15 is 0 Å². The minimum atomic E-state index is -0.606. The smallest absolute Gasteiger partial charge is 0.288 e. The van der Waals surface area contributed by atoms with E-state index in [1.54, 1.807) is 0 Å². The number of carbonyl (C=O) groups is 1. The Morgan fingerprint density at radius 2 is 2.10 bits per heavy atom. The molecule has 1 unspecified atom stereocenters. The van der Waals surface area contributed by atoms with Crippen LogP contribution in [0.3, 0.4) is 0 Å². The molecular weight excluding hydrogens is 260 g/mol. The Labute approximate surface area is 117 Å². The standard InChI is InChI=1S/C13H20N4O3/c1-8(2)4-5-9(3)16-13(18)11-6-10(17(19)20)7-15-12(11)14/h6-9H,4-5H2,1-3H3,(H2,14,15)(H,16,18). The van der Waals surface area contributed by atoms with Crippen LogP contribution in [0.2, 0.25) is 0 Å². The van der Waals surface area contributed by atoms with Crippen molar-refractivity contribution in [2.75, 3.05) is 5.73 Å². The molecule has 1 heterocycles. The molecule has 0 aliphatic heterocycles. The van der Waals surface area contributed by atoms with E-state index in [-0.39, 0.29) is 23.1 Å². The van der Waals surface area contributed by atoms with Crippen molar-refractivity contribution in [2.45, 2.75) is 39.7 Å². The first-order valence-corrected chi connectivity index (χ1v) is 6.52. The lowest BCUT2D eigenvalue weighted by Crippen LogP contribution is -2.33. The van der Waals surface area contributed by atoms with E-state index < -0.39 is 10.8 Å². The highest BCUT2D eigenvalue weighted by Crippen LogP contribution is 2.17. The van der Waals surface area contributed by atoms with Crippen LogP contribution in [0.1, 0.15) is 44.0 Å². The summed E-state index contributed by atoms with van der Waals surface area (Å²) in [6.07, 6.45) is 2.87. The van der Waals surface area contributed by atoms with Crippen molar-refractivity contribution in [3.8, 4) is 0 Å². The summed E-state index contributed by atoms with van der Waals surface area (Å²) in [7, 11) is 0. The van der Waals surface area contributed by atoms with E-state index in [0.29, 0.717) is 5.92 Å². The van der Waals surface area contributed by atoms with Crippen LogP contribution in [-0.4, -0.2) is 21.9 Å². The van der Waals surface area contributed by atoms with Gasteiger partial charge in [-0.1, -0.05) is 13.8 Å². The zero-order chi connectivity index (χ0) is 15.3. The second-order valence-corrected chi connectivity index (χ2v) is 5.23. The second-order valence-electron chi connectivity index (χ2n) is 5.23. The van der Waals surface area contributed by atoms with Gasteiger partial charge in [-0.25, -0.2) is 4.98 Å². The predicted molar refractivity (Wildman–Crippen MR) is 76.3 cm³/mol. The van der Waals surface area contributed by atoms with Gasteiger partial charge in [0.15, 0.2) is 0 Å². The van der Waals surface area contributed by atoms with E-state index in [9.17, 15) is 14.9 Å². The first-order chi connectivity index (χ1) is 9.31. The van der Waals surface area contributed by atoms with Crippen molar-refractivity contribution in [1.82, 2.24) is 10.3 Å². The Balaban J connectivity index is 2.76. The Kier molecular flexibility index (Phi) is 5.42. The van der Waals surface area contributed by atoms with Gasteiger partial charge in [0.05, 0.1) is 10.5 Å². The third-order valence-electron chi connectivity index (χ3n) is 2.91. The molecule has 0 aromatic carbocycles. The zero-order valence-corrected chi connectivity index (χ0v) is 11.9. The molecule has 1 amide bonds. The molecule has 0 aliphatic carbocycles. The lowest BCUT2D eigenvalue weighted by Gasteiger charge is -2.15. The lowest BCUT2D eigenvalue weighted by molar-refractivity contribution is -0.385. The zero-order valence-electron chi connectivity index (χ0n) is 11.9. The molecule has 0 saturated carbocycles. The molecule has 1 rings (SSSR count). The molecule has 0 aliphatic rings. The molecule has 1 aromatic rings. The molecule has 20 heavy (non-hydrogen) atoms. The predicted octanol–water partition coefficient (Wildman–Crippen LogP) is 2.13. The highest BCUT2D eigenvalue weighted by molar-refractivity contribution is 5.99. The number of nitrogens with two attached hydrogens (primary N) is 1. The van der Waals surface area contributed by atoms with Gasteiger partial charge in [-0.3, -0.25) is 14.9 Å². The Morgan fingerprint density at radius 3 is 2.65 bits per heavy atom. The summed E-state index contributed by atoms with van der Waals surface area (Å²) in [4.78, 5) is 25.8. The number of nitrogen functional groups attached to an aromatic ring is 1. The highest BCUT2D eigenvalue weighted by Gasteiger charge is 2.18. The van der Waals surface area contributed by atoms with Crippen LogP contribution in [-0.2, 0) is 0 Å². The number of anilines is 1. The summed E-state index contributed by atoms with van der Waals surface area (Å²) in [5.41, 5.74) is 5.38. The largest absolute Gasteiger partial charge is 0.383 e. The van der Waals surface area contributed by atoms with E-state index in [1.165, 1.54) is 0 Å². The van der Waals surface area contributed by atoms with Gasteiger partial charge in [0.25, 0.3) is 11.6 Å². The molecule has 0 bridgehead atoms. The number of amides is 1. The summed E-state index contributed by atoms with van der Waals surface area (Å²) in [5, 5.41) is 13.5. The molecule has 3 N–H and O–H groups in total. The fourth-order valence-electron chi connectivity index (χ4n) is 1.70. The number of pyridine rings is 1. The topological polar surface area (TPSA) is 111 Å². The lowest BCUT2D eigenvalue weighted by atomic mass is 10.0. The average molecular weight is 280 g/mol. The number of nitrogens with one attached hydrogen (secondary N) is 1. The Hall–Kier alpha value is -2.18. The normalized spacial score (nSPS) is 12.2. The van der Waals surface area contributed by atoms with Gasteiger partial charge in [0, 0.05) is 12.1 Å². The van der Waals surface area contributed by atoms with Crippen molar-refractivity contribution in [3.63, 3.8) is 0 Å². The van der Waals surface area contributed by atoms with Crippen LogP contribution < -0.4 is 11.1 Å². The van der Waals surface area contributed by atoms with Gasteiger partial charge in [-0.15, -0.1) is 0 Å². The summed E-state index contributed by atoms with van der Waals surface area (Å²) in [5.74, 6) is 0.109. The Morgan fingerprint density at radius 1 is 1.45 bits per heavy atom. The number of carbonyl (C=O) groups excluding carboxylic acids is 1. The molecule has 110 valence electrons. The summed E-state index contributed by atoms with van der Waals surface area (Å²) in [6.45, 7) is 6.11. The van der Waals surface area contributed by atoms with Crippen molar-refractivity contribution in [1.29, 1.82) is 0 Å². The van der Waals surface area contributed by atoms with Gasteiger partial charge in [0.1, 0.15) is 12.0 Å². The maximum Gasteiger partial charge on any atom is 0.288 e. The monoisotopic (exact) mass is 280 g/mol. The summed E-state index contributed by atoms with van der Waals surface area (Å²) < 4.78 is 0. The molecule has 0 fully saturated rings. The van der Waals surface area contributed by atoms with Gasteiger partial charge >= 0.3 is 0 Å². The van der Waals surface area contributed by atoms with Gasteiger partial charge in [-0.2, -0.15) is 0 Å². The van der Waals surface area contributed by atoms with Gasteiger partial charge in [0.2, 0.25) is 0 Å². The van der Waals surface area contributed by atoms with Gasteiger partial charge in [-0.05, 0) is 25.7 Å². The van der Waals surface area contributed by atoms with Crippen LogP contribution >= 0.6 is 0 Å². The van der Waals surface area contributed by atoms with E-state index in [4.69, 9.17) is 5.73 Å². The number of hydrogen-bond donors (Lipinski definition) is 2.